The smallest absolute Gasteiger partial charge is 0.326 e. The van der Waals surface area contributed by atoms with Crippen LogP contribution in [0.4, 0.5) is 4.39 Å². The van der Waals surface area contributed by atoms with Gasteiger partial charge in [0.25, 0.3) is 0 Å². The molecule has 3 nitrogen and oxygen atoms in total. The molecular formula is C9H16FNO2S. The molecule has 0 aromatic heterocycles. The van der Waals surface area contributed by atoms with Gasteiger partial charge in [0.1, 0.15) is 12.2 Å². The van der Waals surface area contributed by atoms with Gasteiger partial charge in [-0.1, -0.05) is 0 Å². The molecule has 5 heteroatoms. The number of hydrogen-bond donors (Lipinski definition) is 0. The number of thioether (sulfide) groups is 1. The van der Waals surface area contributed by atoms with E-state index in [1.807, 2.05) is 16.7 Å². The number of alkyl halides is 1. The van der Waals surface area contributed by atoms with Crippen molar-refractivity contribution in [2.45, 2.75) is 19.1 Å². The molecule has 0 aromatic carbocycles. The Morgan fingerprint density at radius 3 is 2.50 bits per heavy atom. The van der Waals surface area contributed by atoms with Gasteiger partial charge in [-0.25, -0.2) is 4.39 Å². The minimum Gasteiger partial charge on any atom is -0.468 e. The van der Waals surface area contributed by atoms with Crippen LogP contribution in [0.1, 0.15) is 6.92 Å². The lowest BCUT2D eigenvalue weighted by Gasteiger charge is -2.33. The molecule has 1 heterocycles. The predicted molar refractivity (Wildman–Crippen MR) is 55.3 cm³/mol. The summed E-state index contributed by atoms with van der Waals surface area (Å²) in [5.74, 6) is 1.45. The van der Waals surface area contributed by atoms with E-state index < -0.39 is 18.2 Å². The molecule has 0 amide bonds. The normalized spacial score (nSPS) is 22.8. The Balaban J connectivity index is 2.60. The van der Waals surface area contributed by atoms with Crippen molar-refractivity contribution in [3.05, 3.63) is 0 Å². The van der Waals surface area contributed by atoms with Gasteiger partial charge in [-0.15, -0.1) is 0 Å². The number of hydrogen-bond acceptors (Lipinski definition) is 4. The fraction of sp³-hybridized carbons (Fsp3) is 0.889. The topological polar surface area (TPSA) is 29.5 Å². The second-order valence-electron chi connectivity index (χ2n) is 3.29. The van der Waals surface area contributed by atoms with Gasteiger partial charge in [0.15, 0.2) is 0 Å². The summed E-state index contributed by atoms with van der Waals surface area (Å²) in [7, 11) is 1.30. The van der Waals surface area contributed by atoms with Crippen molar-refractivity contribution in [1.82, 2.24) is 4.90 Å². The summed E-state index contributed by atoms with van der Waals surface area (Å²) in [6, 6.07) is -0.721. The van der Waals surface area contributed by atoms with Crippen LogP contribution in [0.3, 0.4) is 0 Å². The quantitative estimate of drug-likeness (QED) is 0.663. The second-order valence-corrected chi connectivity index (χ2v) is 4.52. The molecule has 0 aromatic rings. The van der Waals surface area contributed by atoms with Crippen LogP contribution in [0, 0.1) is 0 Å². The van der Waals surface area contributed by atoms with E-state index in [4.69, 9.17) is 0 Å². The largest absolute Gasteiger partial charge is 0.468 e. The molecule has 2 atom stereocenters. The van der Waals surface area contributed by atoms with Crippen molar-refractivity contribution in [1.29, 1.82) is 0 Å². The van der Waals surface area contributed by atoms with Crippen LogP contribution in [0.5, 0.6) is 0 Å². The number of ether oxygens (including phenoxy) is 1. The third kappa shape index (κ3) is 2.85. The number of methoxy groups -OCH3 is 1. The average molecular weight is 221 g/mol. The van der Waals surface area contributed by atoms with E-state index >= 15 is 0 Å². The Hall–Kier alpha value is -0.290. The van der Waals surface area contributed by atoms with Gasteiger partial charge in [0.2, 0.25) is 0 Å². The van der Waals surface area contributed by atoms with Gasteiger partial charge in [0, 0.05) is 24.6 Å². The van der Waals surface area contributed by atoms with Crippen molar-refractivity contribution in [3.8, 4) is 0 Å². The molecule has 1 saturated heterocycles. The molecule has 1 aliphatic heterocycles. The lowest BCUT2D eigenvalue weighted by Crippen LogP contribution is -2.50. The summed E-state index contributed by atoms with van der Waals surface area (Å²) in [4.78, 5) is 13.2. The van der Waals surface area contributed by atoms with Crippen molar-refractivity contribution in [3.63, 3.8) is 0 Å². The lowest BCUT2D eigenvalue weighted by molar-refractivity contribution is -0.149. The van der Waals surface area contributed by atoms with Crippen LogP contribution in [0.25, 0.3) is 0 Å². The van der Waals surface area contributed by atoms with Gasteiger partial charge < -0.3 is 4.74 Å². The summed E-state index contributed by atoms with van der Waals surface area (Å²) in [5.41, 5.74) is 0. The molecule has 1 fully saturated rings. The average Bonchev–Trinajstić information content (AvgIpc) is 2.19. The number of carbonyl (C=O) groups is 1. The first kappa shape index (κ1) is 11.8. The van der Waals surface area contributed by atoms with Gasteiger partial charge in [-0.3, -0.25) is 9.69 Å². The highest BCUT2D eigenvalue weighted by Crippen LogP contribution is 2.16. The summed E-state index contributed by atoms with van der Waals surface area (Å²) in [6.07, 6.45) is -1.18. The Labute approximate surface area is 88.0 Å². The zero-order valence-electron chi connectivity index (χ0n) is 8.53. The first-order valence-electron chi connectivity index (χ1n) is 4.70. The maximum atomic E-state index is 13.2. The van der Waals surface area contributed by atoms with E-state index in [-0.39, 0.29) is 0 Å². The van der Waals surface area contributed by atoms with Crippen molar-refractivity contribution in [2.24, 2.45) is 0 Å². The molecule has 0 radical (unpaired) electrons. The monoisotopic (exact) mass is 221 g/mol. The number of halogens is 1. The maximum absolute atomic E-state index is 13.2. The molecule has 0 bridgehead atoms. The zero-order valence-corrected chi connectivity index (χ0v) is 9.35. The second kappa shape index (κ2) is 5.56. The summed E-state index contributed by atoms with van der Waals surface area (Å²) in [6.45, 7) is 2.93. The first-order chi connectivity index (χ1) is 6.66. The van der Waals surface area contributed by atoms with Crippen molar-refractivity contribution < 1.29 is 13.9 Å². The molecule has 1 aliphatic rings. The third-order valence-electron chi connectivity index (χ3n) is 2.32. The van der Waals surface area contributed by atoms with Gasteiger partial charge in [-0.2, -0.15) is 11.8 Å². The molecule has 0 aliphatic carbocycles. The predicted octanol–water partition coefficient (Wildman–Crippen LogP) is 0.935. The van der Waals surface area contributed by atoms with Gasteiger partial charge in [-0.05, 0) is 6.92 Å². The molecule has 0 saturated carbocycles. The highest BCUT2D eigenvalue weighted by atomic mass is 32.2. The van der Waals surface area contributed by atoms with Crippen LogP contribution < -0.4 is 0 Å². The van der Waals surface area contributed by atoms with Crippen molar-refractivity contribution >= 4 is 17.7 Å². The van der Waals surface area contributed by atoms with E-state index in [0.29, 0.717) is 0 Å². The summed E-state index contributed by atoms with van der Waals surface area (Å²) >= 11 is 1.83. The Morgan fingerprint density at radius 2 is 2.07 bits per heavy atom. The van der Waals surface area contributed by atoms with E-state index in [1.54, 1.807) is 0 Å². The molecule has 0 unspecified atom stereocenters. The van der Waals surface area contributed by atoms with E-state index in [9.17, 15) is 9.18 Å². The van der Waals surface area contributed by atoms with Gasteiger partial charge in [0.05, 0.1) is 7.11 Å². The molecule has 0 N–H and O–H groups in total. The highest BCUT2D eigenvalue weighted by molar-refractivity contribution is 7.99. The minimum absolute atomic E-state index is 0.466. The maximum Gasteiger partial charge on any atom is 0.326 e. The Bertz CT molecular complexity index is 195. The van der Waals surface area contributed by atoms with Crippen LogP contribution in [0.15, 0.2) is 0 Å². The fourth-order valence-corrected chi connectivity index (χ4v) is 2.53. The fourth-order valence-electron chi connectivity index (χ4n) is 1.60. The van der Waals surface area contributed by atoms with Crippen LogP contribution in [0.2, 0.25) is 0 Å². The highest BCUT2D eigenvalue weighted by Gasteiger charge is 2.32. The van der Waals surface area contributed by atoms with E-state index in [2.05, 4.69) is 4.74 Å². The number of carbonyl (C=O) groups excluding carboxylic acids is 1. The standard InChI is InChI=1S/C9H16FNO2S/c1-7(10)8(9(12)13-2)11-3-5-14-6-4-11/h7-8H,3-6H2,1-2H3/t7-,8-/m0/s1. The summed E-state index contributed by atoms with van der Waals surface area (Å²) < 4.78 is 17.8. The number of esters is 1. The third-order valence-corrected chi connectivity index (χ3v) is 3.26. The van der Waals surface area contributed by atoms with Crippen LogP contribution in [-0.4, -0.2) is 54.8 Å². The van der Waals surface area contributed by atoms with Crippen molar-refractivity contribution in [2.75, 3.05) is 31.7 Å². The Morgan fingerprint density at radius 1 is 1.50 bits per heavy atom. The molecule has 0 spiro atoms. The Kier molecular flexibility index (Phi) is 4.68. The zero-order chi connectivity index (χ0) is 10.6. The number of nitrogens with zero attached hydrogens (tertiary/aromatic N) is 1. The lowest BCUT2D eigenvalue weighted by atomic mass is 10.1. The molecule has 1 rings (SSSR count). The van der Waals surface area contributed by atoms with E-state index in [0.717, 1.165) is 24.6 Å². The minimum atomic E-state index is -1.18. The summed E-state index contributed by atoms with van der Waals surface area (Å²) in [5, 5.41) is 0. The van der Waals surface area contributed by atoms with Gasteiger partial charge >= 0.3 is 5.97 Å². The molecule has 14 heavy (non-hydrogen) atoms. The SMILES string of the molecule is COC(=O)[C@H]([C@H](C)F)N1CCSCC1. The van der Waals surface area contributed by atoms with E-state index in [1.165, 1.54) is 14.0 Å². The van der Waals surface area contributed by atoms with Crippen LogP contribution in [-0.2, 0) is 9.53 Å². The molecule has 82 valence electrons. The first-order valence-corrected chi connectivity index (χ1v) is 5.86. The number of rotatable bonds is 3. The van der Waals surface area contributed by atoms with Crippen LogP contribution >= 0.6 is 11.8 Å². The molecular weight excluding hydrogens is 205 g/mol.